The number of hydrogen-bond donors (Lipinski definition) is 1. The third-order valence-electron chi connectivity index (χ3n) is 4.30. The summed E-state index contributed by atoms with van der Waals surface area (Å²) in [4.78, 5) is 16.4. The number of carbonyl (C=O) groups excluding carboxylic acids is 1. The highest BCUT2D eigenvalue weighted by molar-refractivity contribution is 5.95. The summed E-state index contributed by atoms with van der Waals surface area (Å²) in [6, 6.07) is 4.70. The SMILES string of the molecule is O=C(NCCc1noc(C2CCCC2)n1)c1ccccc1C(F)(F)F. The van der Waals surface area contributed by atoms with Gasteiger partial charge in [-0.25, -0.2) is 0 Å². The Balaban J connectivity index is 1.57. The lowest BCUT2D eigenvalue weighted by Crippen LogP contribution is -2.28. The molecule has 134 valence electrons. The molecule has 1 N–H and O–H groups in total. The Labute approximate surface area is 142 Å². The number of rotatable bonds is 5. The molecular formula is C17H18F3N3O2. The standard InChI is InChI=1S/C17H18F3N3O2/c18-17(19,20)13-8-4-3-7-12(13)15(24)21-10-9-14-22-16(25-23-14)11-5-1-2-6-11/h3-4,7-8,11H,1-2,5-6,9-10H2,(H,21,24). The van der Waals surface area contributed by atoms with Gasteiger partial charge < -0.3 is 9.84 Å². The van der Waals surface area contributed by atoms with Gasteiger partial charge in [0.25, 0.3) is 5.91 Å². The Morgan fingerprint density at radius 2 is 1.96 bits per heavy atom. The molecule has 1 aromatic heterocycles. The van der Waals surface area contributed by atoms with Gasteiger partial charge in [-0.05, 0) is 25.0 Å². The molecule has 5 nitrogen and oxygen atoms in total. The molecule has 1 amide bonds. The molecule has 1 aromatic carbocycles. The van der Waals surface area contributed by atoms with Gasteiger partial charge in [-0.3, -0.25) is 4.79 Å². The second-order valence-corrected chi connectivity index (χ2v) is 6.08. The molecule has 1 fully saturated rings. The third kappa shape index (κ3) is 4.18. The van der Waals surface area contributed by atoms with Crippen LogP contribution in [0.3, 0.4) is 0 Å². The molecule has 8 heteroatoms. The smallest absolute Gasteiger partial charge is 0.352 e. The largest absolute Gasteiger partial charge is 0.417 e. The van der Waals surface area contributed by atoms with Crippen LogP contribution in [-0.4, -0.2) is 22.6 Å². The van der Waals surface area contributed by atoms with Crippen molar-refractivity contribution >= 4 is 5.91 Å². The van der Waals surface area contributed by atoms with Crippen molar-refractivity contribution in [2.45, 2.75) is 44.2 Å². The monoisotopic (exact) mass is 353 g/mol. The van der Waals surface area contributed by atoms with Gasteiger partial charge in [-0.15, -0.1) is 0 Å². The van der Waals surface area contributed by atoms with E-state index in [-0.39, 0.29) is 6.54 Å². The quantitative estimate of drug-likeness (QED) is 0.890. The van der Waals surface area contributed by atoms with E-state index in [1.807, 2.05) is 0 Å². The van der Waals surface area contributed by atoms with Gasteiger partial charge >= 0.3 is 6.18 Å². The van der Waals surface area contributed by atoms with Crippen LogP contribution in [0.4, 0.5) is 13.2 Å². The lowest BCUT2D eigenvalue weighted by Gasteiger charge is -2.12. The molecule has 1 aliphatic carbocycles. The fourth-order valence-electron chi connectivity index (χ4n) is 3.02. The minimum Gasteiger partial charge on any atom is -0.352 e. The normalized spacial score (nSPS) is 15.5. The van der Waals surface area contributed by atoms with Gasteiger partial charge in [-0.2, -0.15) is 18.2 Å². The van der Waals surface area contributed by atoms with E-state index in [2.05, 4.69) is 15.5 Å². The molecule has 1 aliphatic rings. The van der Waals surface area contributed by atoms with Crippen molar-refractivity contribution in [1.29, 1.82) is 0 Å². The average Bonchev–Trinajstić information content (AvgIpc) is 3.25. The molecule has 0 bridgehead atoms. The molecule has 25 heavy (non-hydrogen) atoms. The van der Waals surface area contributed by atoms with Crippen molar-refractivity contribution in [3.05, 3.63) is 47.1 Å². The maximum atomic E-state index is 12.9. The van der Waals surface area contributed by atoms with Crippen LogP contribution >= 0.6 is 0 Å². The summed E-state index contributed by atoms with van der Waals surface area (Å²) in [6.07, 6.45) is 0.0984. The number of benzene rings is 1. The van der Waals surface area contributed by atoms with Crippen molar-refractivity contribution in [3.63, 3.8) is 0 Å². The molecule has 0 atom stereocenters. The van der Waals surface area contributed by atoms with E-state index in [1.54, 1.807) is 0 Å². The van der Waals surface area contributed by atoms with Crippen molar-refractivity contribution in [3.8, 4) is 0 Å². The summed E-state index contributed by atoms with van der Waals surface area (Å²) in [5, 5.41) is 6.35. The van der Waals surface area contributed by atoms with Crippen LogP contribution in [0.2, 0.25) is 0 Å². The number of carbonyl (C=O) groups is 1. The fourth-order valence-corrected chi connectivity index (χ4v) is 3.02. The summed E-state index contributed by atoms with van der Waals surface area (Å²) in [5.74, 6) is 0.592. The second-order valence-electron chi connectivity index (χ2n) is 6.08. The maximum absolute atomic E-state index is 12.9. The first-order valence-electron chi connectivity index (χ1n) is 8.22. The first-order valence-corrected chi connectivity index (χ1v) is 8.22. The molecule has 1 heterocycles. The van der Waals surface area contributed by atoms with E-state index in [1.165, 1.54) is 12.1 Å². The first-order chi connectivity index (χ1) is 11.9. The Kier molecular flexibility index (Phi) is 5.06. The van der Waals surface area contributed by atoms with Crippen LogP contribution < -0.4 is 5.32 Å². The fraction of sp³-hybridized carbons (Fsp3) is 0.471. The summed E-state index contributed by atoms with van der Waals surface area (Å²) in [7, 11) is 0. The van der Waals surface area contributed by atoms with Crippen molar-refractivity contribution in [2.75, 3.05) is 6.54 Å². The number of nitrogens with one attached hydrogen (secondary N) is 1. The van der Waals surface area contributed by atoms with Crippen molar-refractivity contribution < 1.29 is 22.5 Å². The van der Waals surface area contributed by atoms with E-state index < -0.39 is 23.2 Å². The van der Waals surface area contributed by atoms with Gasteiger partial charge in [0.2, 0.25) is 5.89 Å². The van der Waals surface area contributed by atoms with Crippen LogP contribution in [0.1, 0.15) is 59.2 Å². The van der Waals surface area contributed by atoms with Crippen LogP contribution in [0.25, 0.3) is 0 Å². The zero-order valence-electron chi connectivity index (χ0n) is 13.5. The lowest BCUT2D eigenvalue weighted by molar-refractivity contribution is -0.137. The van der Waals surface area contributed by atoms with Crippen LogP contribution in [0, 0.1) is 0 Å². The molecule has 0 radical (unpaired) electrons. The minimum absolute atomic E-state index is 0.134. The summed E-state index contributed by atoms with van der Waals surface area (Å²) in [6.45, 7) is 0.134. The number of halogens is 3. The maximum Gasteiger partial charge on any atom is 0.417 e. The highest BCUT2D eigenvalue weighted by atomic mass is 19.4. The Morgan fingerprint density at radius 3 is 2.68 bits per heavy atom. The number of aromatic nitrogens is 2. The Morgan fingerprint density at radius 1 is 1.24 bits per heavy atom. The van der Waals surface area contributed by atoms with Gasteiger partial charge in [0.05, 0.1) is 11.1 Å². The number of hydrogen-bond acceptors (Lipinski definition) is 4. The van der Waals surface area contributed by atoms with Gasteiger partial charge in [0, 0.05) is 18.9 Å². The minimum atomic E-state index is -4.57. The molecule has 0 spiro atoms. The second kappa shape index (κ2) is 7.25. The van der Waals surface area contributed by atoms with Gasteiger partial charge in [0.1, 0.15) is 0 Å². The highest BCUT2D eigenvalue weighted by Gasteiger charge is 2.34. The van der Waals surface area contributed by atoms with Crippen LogP contribution in [0.15, 0.2) is 28.8 Å². The van der Waals surface area contributed by atoms with Gasteiger partial charge in [0.15, 0.2) is 5.82 Å². The molecule has 1 saturated carbocycles. The van der Waals surface area contributed by atoms with Crippen LogP contribution in [0.5, 0.6) is 0 Å². The van der Waals surface area contributed by atoms with E-state index in [0.717, 1.165) is 37.8 Å². The third-order valence-corrected chi connectivity index (χ3v) is 4.30. The zero-order valence-corrected chi connectivity index (χ0v) is 13.5. The molecule has 0 unspecified atom stereocenters. The summed E-state index contributed by atoms with van der Waals surface area (Å²) < 4.78 is 44.0. The van der Waals surface area contributed by atoms with Gasteiger partial charge in [-0.1, -0.05) is 30.1 Å². The van der Waals surface area contributed by atoms with Crippen molar-refractivity contribution in [1.82, 2.24) is 15.5 Å². The topological polar surface area (TPSA) is 68.0 Å². The Hall–Kier alpha value is -2.38. The van der Waals surface area contributed by atoms with Crippen LogP contribution in [-0.2, 0) is 12.6 Å². The predicted octanol–water partition coefficient (Wildman–Crippen LogP) is 3.72. The molecule has 0 saturated heterocycles. The zero-order chi connectivity index (χ0) is 17.9. The molecule has 3 rings (SSSR count). The number of alkyl halides is 3. The van der Waals surface area contributed by atoms with Crippen molar-refractivity contribution in [2.24, 2.45) is 0 Å². The lowest BCUT2D eigenvalue weighted by atomic mass is 10.1. The molecular weight excluding hydrogens is 335 g/mol. The highest BCUT2D eigenvalue weighted by Crippen LogP contribution is 2.33. The predicted molar refractivity (Wildman–Crippen MR) is 83.0 cm³/mol. The molecule has 2 aromatic rings. The first kappa shape index (κ1) is 17.4. The summed E-state index contributed by atoms with van der Waals surface area (Å²) in [5.41, 5.74) is -1.34. The average molecular weight is 353 g/mol. The number of amides is 1. The molecule has 0 aliphatic heterocycles. The Bertz CT molecular complexity index is 737. The number of nitrogens with zero attached hydrogens (tertiary/aromatic N) is 2. The van der Waals surface area contributed by atoms with E-state index in [4.69, 9.17) is 4.52 Å². The van der Waals surface area contributed by atoms with E-state index in [0.29, 0.717) is 24.1 Å². The van der Waals surface area contributed by atoms with E-state index in [9.17, 15) is 18.0 Å². The summed E-state index contributed by atoms with van der Waals surface area (Å²) >= 11 is 0. The van der Waals surface area contributed by atoms with E-state index >= 15 is 0 Å².